The molecule has 9 heteroatoms. The number of carbonyl (C=O) groups is 4. The molecule has 0 saturated heterocycles. The number of amides is 3. The summed E-state index contributed by atoms with van der Waals surface area (Å²) in [5.74, 6) is -1.21. The standard InChI is InChI=1S/C40H36N4O4S/c1-27(45)29-19-21-32(22-20-29)41-40(48)37(30-11-6-4-7-12-30)49-35-16-10-15-33(26-35)42-39(47)36(43-38(46)31-13-8-5-9-14-31)25-28-17-23-34(24-18-28)44(2)3/h4-26,37H,1-3H3,(H,41,48)(H,42,47)(H,43,46)/b36-25+. The molecule has 0 spiro atoms. The van der Waals surface area contributed by atoms with Crippen LogP contribution in [0.25, 0.3) is 6.08 Å². The Morgan fingerprint density at radius 3 is 1.96 bits per heavy atom. The third-order valence-corrected chi connectivity index (χ3v) is 8.74. The van der Waals surface area contributed by atoms with E-state index in [1.54, 1.807) is 72.8 Å². The molecule has 5 rings (SSSR count). The Labute approximate surface area is 290 Å². The highest BCUT2D eigenvalue weighted by Crippen LogP contribution is 2.37. The lowest BCUT2D eigenvalue weighted by Gasteiger charge is -2.18. The van der Waals surface area contributed by atoms with Gasteiger partial charge < -0.3 is 20.9 Å². The predicted octanol–water partition coefficient (Wildman–Crippen LogP) is 7.84. The molecule has 49 heavy (non-hydrogen) atoms. The fraction of sp³-hybridized carbons (Fsp3) is 0.100. The predicted molar refractivity (Wildman–Crippen MR) is 198 cm³/mol. The molecule has 0 aromatic heterocycles. The third kappa shape index (κ3) is 9.56. The molecule has 0 bridgehead atoms. The molecule has 8 nitrogen and oxygen atoms in total. The van der Waals surface area contributed by atoms with Crippen molar-refractivity contribution in [2.24, 2.45) is 0 Å². The Hall–Kier alpha value is -5.93. The summed E-state index contributed by atoms with van der Waals surface area (Å²) >= 11 is 1.34. The molecule has 0 aliphatic carbocycles. The van der Waals surface area contributed by atoms with Crippen LogP contribution < -0.4 is 20.9 Å². The maximum atomic E-state index is 13.7. The fourth-order valence-corrected chi connectivity index (χ4v) is 5.94. The number of Topliss-reactive ketones (excluding diaryl/α,β-unsaturated/α-hetero) is 1. The van der Waals surface area contributed by atoms with E-state index in [4.69, 9.17) is 0 Å². The number of nitrogens with one attached hydrogen (secondary N) is 3. The van der Waals surface area contributed by atoms with Crippen LogP contribution in [0.1, 0.15) is 44.0 Å². The number of benzene rings is 5. The lowest BCUT2D eigenvalue weighted by Crippen LogP contribution is -2.30. The van der Waals surface area contributed by atoms with Crippen molar-refractivity contribution in [2.45, 2.75) is 17.1 Å². The Kier molecular flexibility index (Phi) is 11.4. The molecule has 1 atom stereocenters. The number of carbonyl (C=O) groups excluding carboxylic acids is 4. The second kappa shape index (κ2) is 16.3. The zero-order chi connectivity index (χ0) is 34.8. The third-order valence-electron chi connectivity index (χ3n) is 7.49. The fourth-order valence-electron chi connectivity index (χ4n) is 4.86. The lowest BCUT2D eigenvalue weighted by atomic mass is 10.1. The molecular weight excluding hydrogens is 633 g/mol. The minimum Gasteiger partial charge on any atom is -0.378 e. The van der Waals surface area contributed by atoms with E-state index >= 15 is 0 Å². The van der Waals surface area contributed by atoms with Gasteiger partial charge in [0.2, 0.25) is 5.91 Å². The van der Waals surface area contributed by atoms with Gasteiger partial charge >= 0.3 is 0 Å². The number of hydrogen-bond acceptors (Lipinski definition) is 6. The van der Waals surface area contributed by atoms with Gasteiger partial charge in [0.1, 0.15) is 10.9 Å². The monoisotopic (exact) mass is 668 g/mol. The summed E-state index contributed by atoms with van der Waals surface area (Å²) in [6.07, 6.45) is 1.63. The van der Waals surface area contributed by atoms with Crippen molar-refractivity contribution < 1.29 is 19.2 Å². The van der Waals surface area contributed by atoms with Gasteiger partial charge in [-0.1, -0.05) is 66.7 Å². The first-order valence-corrected chi connectivity index (χ1v) is 16.4. The Bertz CT molecular complexity index is 1960. The first-order chi connectivity index (χ1) is 23.7. The molecule has 0 fully saturated rings. The second-order valence-corrected chi connectivity index (χ2v) is 12.6. The molecule has 5 aromatic rings. The van der Waals surface area contributed by atoms with Gasteiger partial charge in [0.15, 0.2) is 5.78 Å². The molecule has 1 unspecified atom stereocenters. The summed E-state index contributed by atoms with van der Waals surface area (Å²) in [7, 11) is 3.89. The molecular formula is C40H36N4O4S. The highest BCUT2D eigenvalue weighted by atomic mass is 32.2. The van der Waals surface area contributed by atoms with E-state index in [1.807, 2.05) is 85.7 Å². The number of rotatable bonds is 12. The maximum Gasteiger partial charge on any atom is 0.272 e. The SMILES string of the molecule is CC(=O)c1ccc(NC(=O)C(Sc2cccc(NC(=O)/C(=C\c3ccc(N(C)C)cc3)NC(=O)c3ccccc3)c2)c2ccccc2)cc1. The zero-order valence-corrected chi connectivity index (χ0v) is 28.2. The summed E-state index contributed by atoms with van der Waals surface area (Å²) in [5.41, 5.74) is 4.65. The van der Waals surface area contributed by atoms with Gasteiger partial charge in [-0.25, -0.2) is 0 Å². The van der Waals surface area contributed by atoms with Crippen LogP contribution >= 0.6 is 11.8 Å². The number of thioether (sulfide) groups is 1. The van der Waals surface area contributed by atoms with Crippen LogP contribution in [0.4, 0.5) is 17.1 Å². The molecule has 3 amide bonds. The van der Waals surface area contributed by atoms with Gasteiger partial charge in [-0.15, -0.1) is 11.8 Å². The zero-order valence-electron chi connectivity index (χ0n) is 27.3. The number of ketones is 1. The van der Waals surface area contributed by atoms with Gasteiger partial charge in [-0.3, -0.25) is 19.2 Å². The molecule has 0 heterocycles. The van der Waals surface area contributed by atoms with Crippen LogP contribution in [0, 0.1) is 0 Å². The highest BCUT2D eigenvalue weighted by molar-refractivity contribution is 8.00. The van der Waals surface area contributed by atoms with Crippen LogP contribution in [0.15, 0.2) is 144 Å². The summed E-state index contributed by atoms with van der Waals surface area (Å²) in [6.45, 7) is 1.49. The van der Waals surface area contributed by atoms with Gasteiger partial charge in [-0.05, 0) is 90.9 Å². The van der Waals surface area contributed by atoms with E-state index < -0.39 is 17.1 Å². The van der Waals surface area contributed by atoms with Crippen LogP contribution in [0.3, 0.4) is 0 Å². The summed E-state index contributed by atoms with van der Waals surface area (Å²) in [6, 6.07) is 39.7. The van der Waals surface area contributed by atoms with Crippen molar-refractivity contribution >= 4 is 58.4 Å². The summed E-state index contributed by atoms with van der Waals surface area (Å²) < 4.78 is 0. The average molecular weight is 669 g/mol. The molecule has 0 aliphatic heterocycles. The first-order valence-electron chi connectivity index (χ1n) is 15.6. The highest BCUT2D eigenvalue weighted by Gasteiger charge is 2.23. The minimum atomic E-state index is -0.620. The molecule has 0 radical (unpaired) electrons. The van der Waals surface area contributed by atoms with Crippen LogP contribution in [0.2, 0.25) is 0 Å². The van der Waals surface area contributed by atoms with Gasteiger partial charge in [0.05, 0.1) is 0 Å². The van der Waals surface area contributed by atoms with Crippen molar-refractivity contribution in [3.8, 4) is 0 Å². The number of hydrogen-bond donors (Lipinski definition) is 3. The van der Waals surface area contributed by atoms with Crippen molar-refractivity contribution in [3.05, 3.63) is 161 Å². The van der Waals surface area contributed by atoms with Crippen LogP contribution in [-0.4, -0.2) is 37.6 Å². The maximum absolute atomic E-state index is 13.7. The van der Waals surface area contributed by atoms with Gasteiger partial charge in [0, 0.05) is 47.2 Å². The van der Waals surface area contributed by atoms with E-state index in [0.29, 0.717) is 22.5 Å². The second-order valence-electron chi connectivity index (χ2n) is 11.4. The van der Waals surface area contributed by atoms with E-state index in [2.05, 4.69) is 16.0 Å². The summed E-state index contributed by atoms with van der Waals surface area (Å²) in [4.78, 5) is 54.8. The molecule has 5 aromatic carbocycles. The number of anilines is 3. The lowest BCUT2D eigenvalue weighted by molar-refractivity contribution is -0.116. The Morgan fingerprint density at radius 2 is 1.33 bits per heavy atom. The van der Waals surface area contributed by atoms with Gasteiger partial charge in [0.25, 0.3) is 11.8 Å². The number of nitrogens with zero attached hydrogens (tertiary/aromatic N) is 1. The van der Waals surface area contributed by atoms with E-state index in [0.717, 1.165) is 21.7 Å². The van der Waals surface area contributed by atoms with E-state index in [9.17, 15) is 19.2 Å². The Balaban J connectivity index is 1.37. The van der Waals surface area contributed by atoms with Crippen molar-refractivity contribution in [2.75, 3.05) is 29.6 Å². The summed E-state index contributed by atoms with van der Waals surface area (Å²) in [5, 5.41) is 8.03. The average Bonchev–Trinajstić information content (AvgIpc) is 3.11. The quantitative estimate of drug-likeness (QED) is 0.0711. The van der Waals surface area contributed by atoms with Crippen molar-refractivity contribution in [3.63, 3.8) is 0 Å². The molecule has 0 saturated carbocycles. The van der Waals surface area contributed by atoms with E-state index in [-0.39, 0.29) is 17.4 Å². The first kappa shape index (κ1) is 34.4. The largest absolute Gasteiger partial charge is 0.378 e. The topological polar surface area (TPSA) is 108 Å². The van der Waals surface area contributed by atoms with Crippen molar-refractivity contribution in [1.82, 2.24) is 5.32 Å². The molecule has 3 N–H and O–H groups in total. The molecule has 0 aliphatic rings. The smallest absolute Gasteiger partial charge is 0.272 e. The van der Waals surface area contributed by atoms with Crippen molar-refractivity contribution in [1.29, 1.82) is 0 Å². The van der Waals surface area contributed by atoms with Gasteiger partial charge in [-0.2, -0.15) is 0 Å². The van der Waals surface area contributed by atoms with Crippen LogP contribution in [-0.2, 0) is 9.59 Å². The molecule has 246 valence electrons. The van der Waals surface area contributed by atoms with Crippen LogP contribution in [0.5, 0.6) is 0 Å². The van der Waals surface area contributed by atoms with E-state index in [1.165, 1.54) is 18.7 Å². The Morgan fingerprint density at radius 1 is 0.673 bits per heavy atom. The minimum absolute atomic E-state index is 0.0533. The normalized spacial score (nSPS) is 11.6.